The molecule has 17 nitrogen and oxygen atoms in total. The van der Waals surface area contributed by atoms with Crippen molar-refractivity contribution in [3.63, 3.8) is 0 Å². The molecule has 0 radical (unpaired) electrons. The van der Waals surface area contributed by atoms with Crippen LogP contribution in [0.15, 0.2) is 109 Å². The van der Waals surface area contributed by atoms with Gasteiger partial charge in [0.25, 0.3) is 0 Å². The van der Waals surface area contributed by atoms with Crippen LogP contribution in [0.25, 0.3) is 0 Å². The quantitative estimate of drug-likeness (QED) is 0.0169. The van der Waals surface area contributed by atoms with Crippen LogP contribution in [-0.4, -0.2) is 96.7 Å². The number of esters is 4. The van der Waals surface area contributed by atoms with Crippen molar-refractivity contribution in [3.8, 4) is 0 Å². The zero-order valence-corrected chi connectivity index (χ0v) is 63.2. The molecule has 5 unspecified atom stereocenters. The Morgan fingerprint density at radius 3 is 0.857 bits per heavy atom. The van der Waals surface area contributed by atoms with Crippen LogP contribution in [0.5, 0.6) is 0 Å². The minimum absolute atomic E-state index is 0.0777. The Bertz CT molecular complexity index is 2290. The molecule has 5 atom stereocenters. The topological polar surface area (TPSA) is 237 Å². The first-order valence-corrected chi connectivity index (χ1v) is 41.1. The minimum atomic E-state index is -4.98. The number of ether oxygens (including phenoxy) is 4. The number of rotatable bonds is 71. The molecule has 0 aliphatic heterocycles. The van der Waals surface area contributed by atoms with Crippen LogP contribution in [-0.2, 0) is 65.4 Å². The Balaban J connectivity index is 5.38. The molecule has 0 bridgehead atoms. The summed E-state index contributed by atoms with van der Waals surface area (Å²) >= 11 is 0. The van der Waals surface area contributed by atoms with E-state index in [2.05, 4.69) is 137 Å². The minimum Gasteiger partial charge on any atom is -0.462 e. The predicted molar refractivity (Wildman–Crippen MR) is 399 cm³/mol. The van der Waals surface area contributed by atoms with E-state index in [0.29, 0.717) is 25.7 Å². The van der Waals surface area contributed by atoms with E-state index in [1.807, 2.05) is 0 Å². The van der Waals surface area contributed by atoms with Gasteiger partial charge in [0.05, 0.1) is 26.4 Å². The number of aliphatic hydroxyl groups excluding tert-OH is 1. The number of unbranched alkanes of at least 4 members (excludes halogenated alkanes) is 27. The average Bonchev–Trinajstić information content (AvgIpc) is 0.969. The molecular weight excluding hydrogens is 1280 g/mol. The van der Waals surface area contributed by atoms with E-state index >= 15 is 0 Å². The van der Waals surface area contributed by atoms with E-state index in [-0.39, 0.29) is 25.7 Å². The second kappa shape index (κ2) is 71.1. The first kappa shape index (κ1) is 93.7. The van der Waals surface area contributed by atoms with Gasteiger partial charge in [0, 0.05) is 25.7 Å². The molecule has 0 amide bonds. The molecule has 0 saturated carbocycles. The third-order valence-corrected chi connectivity index (χ3v) is 17.6. The summed E-state index contributed by atoms with van der Waals surface area (Å²) in [6.07, 6.45) is 75.1. The van der Waals surface area contributed by atoms with Gasteiger partial charge in [0.2, 0.25) is 0 Å². The fourth-order valence-corrected chi connectivity index (χ4v) is 11.5. The standard InChI is InChI=1S/C79H136O17P2/c1-5-9-13-17-21-25-29-33-35-36-38-42-44-48-52-56-60-64-77(82)90-70-75(96-79(84)66-62-58-54-50-46-40-32-28-24-20-16-12-8-4)72-94-98(87,88)92-68-73(80)67-91-97(85,86)93-71-74(95-78(83)65-61-57-53-49-45-39-31-27-23-19-15-11-7-3)69-89-76(81)63-59-55-51-47-43-41-37-34-30-26-22-18-14-10-6-2/h9-10,13-14,21-22,25-26,28,32-35,37-38,42-43,47,73-75,80H,5-8,11-12,15-20,23-24,27,29-31,36,39-41,44-46,48-72H2,1-4H3,(H,85,86)(H,87,88)/b13-9-,14-10-,25-21-,26-22-,32-28-,35-33-,37-34-,42-38-,47-43-. The molecule has 0 aromatic heterocycles. The number of carbonyl (C=O) groups excluding carboxylic acids is 4. The number of phosphoric acid groups is 2. The lowest BCUT2D eigenvalue weighted by atomic mass is 10.0. The number of hydrogen-bond acceptors (Lipinski definition) is 15. The molecule has 0 aromatic carbocycles. The lowest BCUT2D eigenvalue weighted by Crippen LogP contribution is -2.30. The van der Waals surface area contributed by atoms with Crippen molar-refractivity contribution < 1.29 is 80.2 Å². The molecule has 3 N–H and O–H groups in total. The van der Waals surface area contributed by atoms with E-state index in [9.17, 15) is 43.2 Å². The molecule has 19 heteroatoms. The smallest absolute Gasteiger partial charge is 0.462 e. The first-order valence-electron chi connectivity index (χ1n) is 38.1. The zero-order chi connectivity index (χ0) is 71.8. The largest absolute Gasteiger partial charge is 0.472 e. The van der Waals surface area contributed by atoms with Crippen LogP contribution in [0, 0.1) is 0 Å². The van der Waals surface area contributed by atoms with E-state index in [1.165, 1.54) is 77.0 Å². The maximum atomic E-state index is 13.1. The molecule has 0 saturated heterocycles. The molecule has 0 aromatic rings. The van der Waals surface area contributed by atoms with Crippen LogP contribution >= 0.6 is 15.6 Å². The summed E-state index contributed by atoms with van der Waals surface area (Å²) in [6.45, 7) is 4.56. The van der Waals surface area contributed by atoms with E-state index in [4.69, 9.17) is 37.0 Å². The fraction of sp³-hybridized carbons (Fsp3) is 0.722. The number of carbonyl (C=O) groups is 4. The summed E-state index contributed by atoms with van der Waals surface area (Å²) in [7, 11) is -9.96. The summed E-state index contributed by atoms with van der Waals surface area (Å²) < 4.78 is 68.4. The van der Waals surface area contributed by atoms with E-state index in [0.717, 1.165) is 154 Å². The van der Waals surface area contributed by atoms with E-state index < -0.39 is 97.5 Å². The predicted octanol–water partition coefficient (Wildman–Crippen LogP) is 21.8. The van der Waals surface area contributed by atoms with Gasteiger partial charge in [-0.05, 0) is 128 Å². The highest BCUT2D eigenvalue weighted by Gasteiger charge is 2.30. The Morgan fingerprint density at radius 2 is 0.531 bits per heavy atom. The SMILES string of the molecule is CC/C=C\C/C=C\C/C=C\C/C=C\CCCCCCC(=O)OCC(COP(=O)(O)OCC(O)COP(=O)(O)OCC(COC(=O)CCCC/C=C\C/C=C\C/C=C\C/C=C\CC)OC(=O)CCCCCCCCCCCCCCC)OC(=O)CCCCCCC/C=C\CCCCCC. The second-order valence-electron chi connectivity index (χ2n) is 25.2. The van der Waals surface area contributed by atoms with Crippen LogP contribution in [0.1, 0.15) is 310 Å². The zero-order valence-electron chi connectivity index (χ0n) is 61.4. The van der Waals surface area contributed by atoms with Crippen LogP contribution in [0.4, 0.5) is 0 Å². The molecule has 0 fully saturated rings. The molecule has 564 valence electrons. The third-order valence-electron chi connectivity index (χ3n) is 15.7. The van der Waals surface area contributed by atoms with Crippen LogP contribution in [0.3, 0.4) is 0 Å². The molecule has 0 rings (SSSR count). The van der Waals surface area contributed by atoms with Gasteiger partial charge in [0.1, 0.15) is 19.3 Å². The van der Waals surface area contributed by atoms with Gasteiger partial charge >= 0.3 is 39.5 Å². The molecule has 0 heterocycles. The van der Waals surface area contributed by atoms with Gasteiger partial charge in [-0.3, -0.25) is 37.3 Å². The summed E-state index contributed by atoms with van der Waals surface area (Å²) in [6, 6.07) is 0. The molecule has 98 heavy (non-hydrogen) atoms. The Morgan fingerprint density at radius 1 is 0.296 bits per heavy atom. The van der Waals surface area contributed by atoms with Gasteiger partial charge in [-0.1, -0.05) is 265 Å². The first-order chi connectivity index (χ1) is 47.7. The van der Waals surface area contributed by atoms with Crippen LogP contribution < -0.4 is 0 Å². The van der Waals surface area contributed by atoms with Crippen molar-refractivity contribution in [2.24, 2.45) is 0 Å². The second-order valence-corrected chi connectivity index (χ2v) is 28.1. The molecule has 0 aliphatic rings. The highest BCUT2D eigenvalue weighted by atomic mass is 31.2. The van der Waals surface area contributed by atoms with Crippen molar-refractivity contribution >= 4 is 39.5 Å². The number of phosphoric ester groups is 2. The molecular formula is C79H136O17P2. The molecule has 0 spiro atoms. The summed E-state index contributed by atoms with van der Waals surface area (Å²) in [5.74, 6) is -2.25. The number of hydrogen-bond donors (Lipinski definition) is 3. The van der Waals surface area contributed by atoms with Crippen molar-refractivity contribution in [1.29, 1.82) is 0 Å². The van der Waals surface area contributed by atoms with Gasteiger partial charge in [0.15, 0.2) is 12.2 Å². The maximum Gasteiger partial charge on any atom is 0.472 e. The lowest BCUT2D eigenvalue weighted by molar-refractivity contribution is -0.161. The van der Waals surface area contributed by atoms with Crippen molar-refractivity contribution in [3.05, 3.63) is 109 Å². The maximum absolute atomic E-state index is 13.1. The summed E-state index contributed by atoms with van der Waals surface area (Å²) in [5, 5.41) is 10.6. The Hall–Kier alpha value is -4.28. The Kier molecular flexibility index (Phi) is 68.0. The van der Waals surface area contributed by atoms with Crippen molar-refractivity contribution in [1.82, 2.24) is 0 Å². The lowest BCUT2D eigenvalue weighted by Gasteiger charge is -2.21. The third kappa shape index (κ3) is 70.2. The van der Waals surface area contributed by atoms with Crippen molar-refractivity contribution in [2.75, 3.05) is 39.6 Å². The average molecular weight is 1420 g/mol. The molecule has 0 aliphatic carbocycles. The highest BCUT2D eigenvalue weighted by molar-refractivity contribution is 7.47. The normalized spacial score (nSPS) is 14.6. The monoisotopic (exact) mass is 1420 g/mol. The van der Waals surface area contributed by atoms with Gasteiger partial charge in [-0.25, -0.2) is 9.13 Å². The summed E-state index contributed by atoms with van der Waals surface area (Å²) in [4.78, 5) is 72.8. The fourth-order valence-electron chi connectivity index (χ4n) is 9.96. The van der Waals surface area contributed by atoms with Gasteiger partial charge in [-0.15, -0.1) is 0 Å². The van der Waals surface area contributed by atoms with Gasteiger partial charge in [-0.2, -0.15) is 0 Å². The number of allylic oxidation sites excluding steroid dienone is 18. The summed E-state index contributed by atoms with van der Waals surface area (Å²) in [5.41, 5.74) is 0. The van der Waals surface area contributed by atoms with Crippen molar-refractivity contribution in [2.45, 2.75) is 329 Å². The number of aliphatic hydroxyl groups is 1. The van der Waals surface area contributed by atoms with Crippen LogP contribution in [0.2, 0.25) is 0 Å². The van der Waals surface area contributed by atoms with Gasteiger partial charge < -0.3 is 33.8 Å². The highest BCUT2D eigenvalue weighted by Crippen LogP contribution is 2.45. The Labute approximate surface area is 594 Å². The van der Waals surface area contributed by atoms with E-state index in [1.54, 1.807) is 0 Å².